The summed E-state index contributed by atoms with van der Waals surface area (Å²) >= 11 is 4.95. The Bertz CT molecular complexity index is 239. The molecule has 0 amide bonds. The van der Waals surface area contributed by atoms with Crippen molar-refractivity contribution in [1.29, 1.82) is 0 Å². The van der Waals surface area contributed by atoms with E-state index in [0.717, 1.165) is 9.54 Å². The lowest BCUT2D eigenvalue weighted by molar-refractivity contribution is -0.00856. The molecule has 0 atom stereocenters. The van der Waals surface area contributed by atoms with Crippen LogP contribution < -0.4 is 4.74 Å². The zero-order valence-electron chi connectivity index (χ0n) is 7.29. The summed E-state index contributed by atoms with van der Waals surface area (Å²) in [7, 11) is 1.64. The molecule has 1 heterocycles. The van der Waals surface area contributed by atoms with E-state index in [9.17, 15) is 0 Å². The molecule has 0 saturated heterocycles. The maximum atomic E-state index is 5.31. The molecule has 0 N–H and O–H groups in total. The summed E-state index contributed by atoms with van der Waals surface area (Å²) in [5.74, 6) is 0.822. The van der Waals surface area contributed by atoms with Gasteiger partial charge in [0.25, 0.3) is 0 Å². The highest BCUT2D eigenvalue weighted by molar-refractivity contribution is 9.11. The van der Waals surface area contributed by atoms with Gasteiger partial charge < -0.3 is 14.2 Å². The monoisotopic (exact) mass is 266 g/mol. The zero-order chi connectivity index (χ0) is 9.52. The van der Waals surface area contributed by atoms with Crippen molar-refractivity contribution in [2.75, 3.05) is 27.1 Å². The first-order chi connectivity index (χ1) is 6.34. The molecule has 1 rings (SSSR count). The Balaban J connectivity index is 2.10. The van der Waals surface area contributed by atoms with Crippen LogP contribution in [0.4, 0.5) is 0 Å². The van der Waals surface area contributed by atoms with E-state index >= 15 is 0 Å². The number of halogens is 1. The Kier molecular flexibility index (Phi) is 5.38. The summed E-state index contributed by atoms with van der Waals surface area (Å²) in [6.07, 6.45) is 0. The molecule has 5 heteroatoms. The van der Waals surface area contributed by atoms with Crippen molar-refractivity contribution >= 4 is 27.3 Å². The second-order valence-electron chi connectivity index (χ2n) is 2.22. The average molecular weight is 267 g/mol. The quantitative estimate of drug-likeness (QED) is 0.585. The van der Waals surface area contributed by atoms with Crippen LogP contribution >= 0.6 is 27.3 Å². The summed E-state index contributed by atoms with van der Waals surface area (Å²) in [6, 6.07) is 1.90. The molecule has 0 aliphatic carbocycles. The predicted octanol–water partition coefficient (Wildman–Crippen LogP) is 2.51. The van der Waals surface area contributed by atoms with Crippen LogP contribution in [0.25, 0.3) is 0 Å². The van der Waals surface area contributed by atoms with Gasteiger partial charge in [-0.15, -0.1) is 11.3 Å². The van der Waals surface area contributed by atoms with Gasteiger partial charge in [-0.2, -0.15) is 0 Å². The highest BCUT2D eigenvalue weighted by atomic mass is 79.9. The van der Waals surface area contributed by atoms with Gasteiger partial charge in [0.05, 0.1) is 13.2 Å². The number of hydrogen-bond donors (Lipinski definition) is 0. The maximum Gasteiger partial charge on any atom is 0.189 e. The fourth-order valence-electron chi connectivity index (χ4n) is 0.690. The van der Waals surface area contributed by atoms with Gasteiger partial charge in [-0.05, 0) is 27.4 Å². The van der Waals surface area contributed by atoms with E-state index in [1.165, 1.54) is 0 Å². The second kappa shape index (κ2) is 6.37. The van der Waals surface area contributed by atoms with Crippen molar-refractivity contribution in [2.24, 2.45) is 0 Å². The summed E-state index contributed by atoms with van der Waals surface area (Å²) in [5.41, 5.74) is 0. The van der Waals surface area contributed by atoms with Gasteiger partial charge >= 0.3 is 0 Å². The number of thiophene rings is 1. The van der Waals surface area contributed by atoms with Gasteiger partial charge in [0.2, 0.25) is 0 Å². The Hall–Kier alpha value is -0.100. The molecular weight excluding hydrogens is 256 g/mol. The fourth-order valence-corrected chi connectivity index (χ4v) is 1.81. The van der Waals surface area contributed by atoms with Crippen molar-refractivity contribution < 1.29 is 14.2 Å². The first kappa shape index (κ1) is 11.0. The van der Waals surface area contributed by atoms with E-state index in [1.54, 1.807) is 18.4 Å². The summed E-state index contributed by atoms with van der Waals surface area (Å²) in [5, 5.41) is 1.95. The van der Waals surface area contributed by atoms with E-state index in [0.29, 0.717) is 13.2 Å². The molecule has 0 aliphatic rings. The Morgan fingerprint density at radius 1 is 1.46 bits per heavy atom. The van der Waals surface area contributed by atoms with Crippen LogP contribution in [-0.2, 0) is 9.47 Å². The molecule has 1 aromatic heterocycles. The lowest BCUT2D eigenvalue weighted by Crippen LogP contribution is -2.07. The molecule has 0 bridgehead atoms. The highest BCUT2D eigenvalue weighted by Crippen LogP contribution is 2.30. The van der Waals surface area contributed by atoms with E-state index in [4.69, 9.17) is 14.2 Å². The maximum absolute atomic E-state index is 5.31. The van der Waals surface area contributed by atoms with Gasteiger partial charge in [0.15, 0.2) is 6.79 Å². The molecule has 13 heavy (non-hydrogen) atoms. The summed E-state index contributed by atoms with van der Waals surface area (Å²) in [4.78, 5) is 0. The molecule has 0 saturated carbocycles. The summed E-state index contributed by atoms with van der Waals surface area (Å²) < 4.78 is 16.3. The molecule has 1 aromatic rings. The standard InChI is InChI=1S/C8H11BrO3S/c1-10-3-4-11-6-12-7-2-5-13-8(7)9/h2,5H,3-4,6H2,1H3. The van der Waals surface area contributed by atoms with Crippen molar-refractivity contribution in [1.82, 2.24) is 0 Å². The molecule has 0 spiro atoms. The van der Waals surface area contributed by atoms with E-state index in [1.807, 2.05) is 11.4 Å². The number of methoxy groups -OCH3 is 1. The van der Waals surface area contributed by atoms with Crippen LogP contribution in [0.3, 0.4) is 0 Å². The third kappa shape index (κ3) is 4.08. The van der Waals surface area contributed by atoms with Gasteiger partial charge in [-0.3, -0.25) is 0 Å². The van der Waals surface area contributed by atoms with E-state index in [2.05, 4.69) is 15.9 Å². The lowest BCUT2D eigenvalue weighted by Gasteiger charge is -2.05. The fraction of sp³-hybridized carbons (Fsp3) is 0.500. The molecular formula is C8H11BrO3S. The predicted molar refractivity (Wildman–Crippen MR) is 55.3 cm³/mol. The van der Waals surface area contributed by atoms with Gasteiger partial charge in [0.1, 0.15) is 9.54 Å². The third-order valence-corrected chi connectivity index (χ3v) is 2.95. The molecule has 0 aromatic carbocycles. The van der Waals surface area contributed by atoms with Crippen molar-refractivity contribution in [3.63, 3.8) is 0 Å². The number of hydrogen-bond acceptors (Lipinski definition) is 4. The van der Waals surface area contributed by atoms with Crippen molar-refractivity contribution in [3.8, 4) is 5.75 Å². The van der Waals surface area contributed by atoms with Crippen molar-refractivity contribution in [2.45, 2.75) is 0 Å². The lowest BCUT2D eigenvalue weighted by atomic mass is 10.6. The minimum absolute atomic E-state index is 0.263. The highest BCUT2D eigenvalue weighted by Gasteiger charge is 2.00. The minimum atomic E-state index is 0.263. The van der Waals surface area contributed by atoms with Crippen LogP contribution in [0.15, 0.2) is 15.2 Å². The second-order valence-corrected chi connectivity index (χ2v) is 4.46. The van der Waals surface area contributed by atoms with Gasteiger partial charge in [0, 0.05) is 7.11 Å². The summed E-state index contributed by atoms with van der Waals surface area (Å²) in [6.45, 7) is 1.41. The topological polar surface area (TPSA) is 27.7 Å². The Labute approximate surface area is 89.7 Å². The smallest absolute Gasteiger partial charge is 0.189 e. The SMILES string of the molecule is COCCOCOc1ccsc1Br. The zero-order valence-corrected chi connectivity index (χ0v) is 9.69. The average Bonchev–Trinajstić information content (AvgIpc) is 2.52. The Morgan fingerprint density at radius 3 is 2.92 bits per heavy atom. The largest absolute Gasteiger partial charge is 0.465 e. The van der Waals surface area contributed by atoms with Crippen LogP contribution in [0.1, 0.15) is 0 Å². The molecule has 3 nitrogen and oxygen atoms in total. The van der Waals surface area contributed by atoms with Crippen LogP contribution in [-0.4, -0.2) is 27.1 Å². The van der Waals surface area contributed by atoms with Crippen LogP contribution in [0.5, 0.6) is 5.75 Å². The first-order valence-corrected chi connectivity index (χ1v) is 5.44. The van der Waals surface area contributed by atoms with Gasteiger partial charge in [-0.25, -0.2) is 0 Å². The van der Waals surface area contributed by atoms with Crippen LogP contribution in [0.2, 0.25) is 0 Å². The van der Waals surface area contributed by atoms with Gasteiger partial charge in [-0.1, -0.05) is 0 Å². The molecule has 0 fully saturated rings. The third-order valence-electron chi connectivity index (χ3n) is 1.31. The molecule has 0 aliphatic heterocycles. The number of ether oxygens (including phenoxy) is 3. The molecule has 0 radical (unpaired) electrons. The normalized spacial score (nSPS) is 10.3. The molecule has 0 unspecified atom stereocenters. The number of rotatable bonds is 6. The van der Waals surface area contributed by atoms with E-state index in [-0.39, 0.29) is 6.79 Å². The van der Waals surface area contributed by atoms with Crippen LogP contribution in [0, 0.1) is 0 Å². The molecule has 74 valence electrons. The van der Waals surface area contributed by atoms with Crippen molar-refractivity contribution in [3.05, 3.63) is 15.2 Å². The Morgan fingerprint density at radius 2 is 2.31 bits per heavy atom. The minimum Gasteiger partial charge on any atom is -0.465 e. The van der Waals surface area contributed by atoms with E-state index < -0.39 is 0 Å². The first-order valence-electron chi connectivity index (χ1n) is 3.77.